The molecule has 3 heterocycles. The van der Waals surface area contributed by atoms with Gasteiger partial charge in [-0.3, -0.25) is 47.9 Å². The Bertz CT molecular complexity index is 5140. The monoisotopic (exact) mass is 2070 g/mol. The maximum Gasteiger partial charge on any atom is 0.519 e. The van der Waals surface area contributed by atoms with Crippen molar-refractivity contribution in [3.05, 3.63) is 100 Å². The predicted octanol–water partition coefficient (Wildman–Crippen LogP) is 6.14. The molecule has 812 valence electrons. The Kier molecular flexibility index (Phi) is 68.0. The summed E-state index contributed by atoms with van der Waals surface area (Å²) in [5.74, 6) is -7.35. The topological polar surface area (TPSA) is 614 Å². The third-order valence-electron chi connectivity index (χ3n) is 19.9. The van der Waals surface area contributed by atoms with Gasteiger partial charge in [-0.1, -0.05) is 87.1 Å². The van der Waals surface area contributed by atoms with Gasteiger partial charge in [0, 0.05) is 95.3 Å². The largest absolute Gasteiger partial charge is 0.519 e. The number of hydrogen-bond donors (Lipinski definition) is 7. The molecule has 43 nitrogen and oxygen atoms in total. The van der Waals surface area contributed by atoms with E-state index in [9.17, 15) is 91.1 Å². The summed E-state index contributed by atoms with van der Waals surface area (Å²) in [4.78, 5) is 234. The van der Waals surface area contributed by atoms with Crippen molar-refractivity contribution >= 4 is 171 Å². The summed E-state index contributed by atoms with van der Waals surface area (Å²) >= 11 is 0. The molecule has 2 aliphatic heterocycles. The van der Waals surface area contributed by atoms with Crippen LogP contribution in [0.4, 0.5) is 9.59 Å². The number of alkyl carbamates (subject to hydrolysis) is 2. The van der Waals surface area contributed by atoms with Gasteiger partial charge in [-0.2, -0.15) is 0 Å². The average molecular weight is 2070 g/mol. The SMILES string of the molecule is C.C=[N+]=CC(=O)CC[C@H](NC(=O)C1=CN(C)C=CC1)C(=O)OC(C)C.C=[N+]=CC(=O)CC[C@H](NC(=O)OCc1ccc(OC(=O)C2=CN(C)C=CC2)cc1)C(=O)OC(C)C.C=[N+]=CC(=O)CC[C@H](NC(=O)OCc1oc(=O)oc1C)C(=O)OC(C)C.C=[N+]=CC(=O)CC[C@H](NC(=O)[C@@H](CC(=O)[C@@H](N)CC(C)C)CC(C)C)C(=O)OC(C)C.C=[N+]=CC(=O)CC[C@H](NC(=O)[C@@H](CC(=O)[C@@H](N)CC(C)C)CC(C)C)C(=O)OCC. The number of allylic oxidation sites excluding steroid dienone is 2. The van der Waals surface area contributed by atoms with Crippen LogP contribution < -0.4 is 72.0 Å². The van der Waals surface area contributed by atoms with Gasteiger partial charge in [0.1, 0.15) is 54.1 Å². The van der Waals surface area contributed by atoms with E-state index < -0.39 is 126 Å². The van der Waals surface area contributed by atoms with Gasteiger partial charge >= 0.3 is 84.9 Å². The van der Waals surface area contributed by atoms with Crippen molar-refractivity contribution in [3.8, 4) is 5.75 Å². The van der Waals surface area contributed by atoms with Crippen molar-refractivity contribution in [3.63, 3.8) is 0 Å². The number of rotatable bonds is 58. The normalized spacial score (nSPS) is 13.3. The Balaban J connectivity index is 0. The molecule has 9 atom stereocenters. The molecule has 2 aromatic rings. The summed E-state index contributed by atoms with van der Waals surface area (Å²) < 4.78 is 67.4. The first-order chi connectivity index (χ1) is 68.6. The highest BCUT2D eigenvalue weighted by Gasteiger charge is 2.36. The van der Waals surface area contributed by atoms with Crippen LogP contribution in [-0.4, -0.2) is 268 Å². The van der Waals surface area contributed by atoms with Crippen LogP contribution in [0, 0.1) is 42.4 Å². The number of ketones is 7. The molecular weight excluding hydrogens is 1910 g/mol. The molecule has 147 heavy (non-hydrogen) atoms. The molecule has 1 aromatic carbocycles. The van der Waals surface area contributed by atoms with E-state index in [1.54, 1.807) is 109 Å². The van der Waals surface area contributed by atoms with Gasteiger partial charge in [0.05, 0.1) is 48.7 Å². The fraction of sp³-hybridized carbons (Fsp3) is 0.567. The number of amides is 5. The van der Waals surface area contributed by atoms with Gasteiger partial charge in [0.2, 0.25) is 46.6 Å². The number of ether oxygens (including phenoxy) is 8. The number of carbonyl (C=O) groups is 18. The maximum atomic E-state index is 13.0. The van der Waals surface area contributed by atoms with Crippen molar-refractivity contribution in [2.45, 2.75) is 328 Å². The van der Waals surface area contributed by atoms with Gasteiger partial charge in [-0.15, -0.1) is 23.3 Å². The zero-order chi connectivity index (χ0) is 111. The molecular formula is C104H157N14O29+5. The lowest BCUT2D eigenvalue weighted by Crippen LogP contribution is -2.46. The first-order valence-corrected chi connectivity index (χ1v) is 48.1. The Morgan fingerprint density at radius 2 is 0.735 bits per heavy atom. The quantitative estimate of drug-likeness (QED) is 0.0129. The van der Waals surface area contributed by atoms with E-state index >= 15 is 0 Å². The third kappa shape index (κ3) is 62.0. The molecule has 0 radical (unpaired) electrons. The van der Waals surface area contributed by atoms with Crippen LogP contribution in [0.3, 0.4) is 0 Å². The Hall–Kier alpha value is -14.6. The molecule has 0 unspecified atom stereocenters. The minimum absolute atomic E-state index is 0. The van der Waals surface area contributed by atoms with Crippen molar-refractivity contribution in [2.75, 3.05) is 20.7 Å². The smallest absolute Gasteiger partial charge is 0.464 e. The van der Waals surface area contributed by atoms with E-state index in [1.165, 1.54) is 6.92 Å². The van der Waals surface area contributed by atoms with Crippen LogP contribution in [0.25, 0.3) is 0 Å². The van der Waals surface area contributed by atoms with Crippen LogP contribution in [0.15, 0.2) is 86.0 Å². The fourth-order valence-corrected chi connectivity index (χ4v) is 13.3. The second-order valence-corrected chi connectivity index (χ2v) is 36.7. The van der Waals surface area contributed by atoms with Crippen LogP contribution in [0.5, 0.6) is 5.75 Å². The molecule has 0 fully saturated rings. The summed E-state index contributed by atoms with van der Waals surface area (Å²) in [7, 11) is 3.63. The van der Waals surface area contributed by atoms with E-state index in [0.717, 1.165) is 31.1 Å². The third-order valence-corrected chi connectivity index (χ3v) is 19.9. The number of nitrogens with zero attached hydrogens (tertiary/aromatic N) is 7. The van der Waals surface area contributed by atoms with Crippen molar-refractivity contribution in [2.24, 2.45) is 47.0 Å². The lowest BCUT2D eigenvalue weighted by Gasteiger charge is -2.24. The summed E-state index contributed by atoms with van der Waals surface area (Å²) in [5, 5.41) is 12.8. The predicted molar refractivity (Wildman–Crippen MR) is 559 cm³/mol. The molecule has 0 spiro atoms. The lowest BCUT2D eigenvalue weighted by molar-refractivity contribution is -0.152. The Labute approximate surface area is 860 Å². The van der Waals surface area contributed by atoms with Gasteiger partial charge in [-0.05, 0) is 187 Å². The molecule has 2 aliphatic rings. The second-order valence-electron chi connectivity index (χ2n) is 36.7. The summed E-state index contributed by atoms with van der Waals surface area (Å²) in [6.45, 7) is 48.1. The Morgan fingerprint density at radius 3 is 1.04 bits per heavy atom. The van der Waals surface area contributed by atoms with Crippen LogP contribution in [0.2, 0.25) is 0 Å². The van der Waals surface area contributed by atoms with Gasteiger partial charge in [0.25, 0.3) is 33.6 Å². The number of carbonyl (C=O) groups excluding carboxylic acids is 18. The van der Waals surface area contributed by atoms with Gasteiger partial charge in [0.15, 0.2) is 18.1 Å². The van der Waals surface area contributed by atoms with E-state index in [1.807, 2.05) is 94.0 Å². The van der Waals surface area contributed by atoms with Crippen LogP contribution in [0.1, 0.15) is 258 Å². The van der Waals surface area contributed by atoms with E-state index in [0.29, 0.717) is 61.0 Å². The molecule has 0 bridgehead atoms. The number of esters is 6. The molecule has 9 N–H and O–H groups in total. The van der Waals surface area contributed by atoms with E-state index in [2.05, 4.69) is 87.9 Å². The van der Waals surface area contributed by atoms with Crippen LogP contribution in [-0.2, 0) is 123 Å². The molecule has 1 aromatic heterocycles. The van der Waals surface area contributed by atoms with Gasteiger partial charge in [-0.25, -0.2) is 43.2 Å². The molecule has 0 saturated carbocycles. The van der Waals surface area contributed by atoms with E-state index in [-0.39, 0.29) is 204 Å². The van der Waals surface area contributed by atoms with Gasteiger partial charge < -0.3 is 94.6 Å². The molecule has 43 heteroatoms. The Morgan fingerprint density at radius 1 is 0.422 bits per heavy atom. The summed E-state index contributed by atoms with van der Waals surface area (Å²) in [6, 6.07) is 0.236. The molecule has 4 rings (SSSR count). The first kappa shape index (κ1) is 134. The van der Waals surface area contributed by atoms with Crippen molar-refractivity contribution < 1.29 is 133 Å². The van der Waals surface area contributed by atoms with E-state index in [4.69, 9.17) is 53.8 Å². The molecule has 0 saturated heterocycles. The summed E-state index contributed by atoms with van der Waals surface area (Å²) in [5.41, 5.74) is 13.7. The highest BCUT2D eigenvalue weighted by Crippen LogP contribution is 2.24. The fourth-order valence-electron chi connectivity index (χ4n) is 13.3. The standard InChI is InChI=1S/C25H29N3O7.C23H39N3O5.C22H37N3O5.C17H23N3O4.C16H20N2O8.CH4/c1-17(2)34-24(31)22(12-9-20(29)14-26-3)27-25(32)33-16-18-7-10-21(11-8-18)35-23(30)19-6-5-13-28(4)15-19;1-14(2)10-17(12-21(28)19(24)11-15(3)4)22(29)26-20(23(30)31-16(5)6)9-8-18(27)13-25-7;1-7-30-22(29)19(9-8-17(26)13-24-6)25-21(28)16(10-14(2)3)12-20(27)18(23)11-15(4)5;1-12(2)24-17(23)15(8-7-14(21)10-18-3)19-16(22)13-6-5-9-20(4)11-13;1-9(2)24-14(20)12(6-5-11(19)7-17-4)18-15(21)23-8-13-10(3)25-16(22)26-13;/h5,7-8,10-11,13-15,17,22H,3,6,9,12,16H2,1-2,4H3;13-17,19-20H,7-12,24H2,1-6H3;13-16,18-19H,6-12,23H2,1-5H3;5,9-12,15H,3,6-8H2,1-2,4H3;7,9,12H,4-6,8H2,1-3H3;1H4/p+5/t22-;17-,19+,20+;16-,18+,19+;15-;12-;/m01100./s1. The number of nitrogens with one attached hydrogen (secondary N) is 5. The van der Waals surface area contributed by atoms with Crippen LogP contribution >= 0.6 is 0 Å². The maximum absolute atomic E-state index is 13.0. The zero-order valence-electron chi connectivity index (χ0n) is 88.0. The minimum atomic E-state index is -1.09. The highest BCUT2D eigenvalue weighted by molar-refractivity contribution is 6.29. The molecule has 5 amide bonds. The molecule has 0 aliphatic carbocycles. The number of Topliss-reactive ketones (excluding diaryl/α,β-unsaturated/α-hetero) is 7. The number of hydrogen-bond acceptors (Lipinski definition) is 33. The lowest BCUT2D eigenvalue weighted by atomic mass is 9.88. The number of nitrogens with two attached hydrogens (primary N) is 2. The number of benzene rings is 1. The average Bonchev–Trinajstić information content (AvgIpc) is 1.72. The second kappa shape index (κ2) is 74.3. The van der Waals surface area contributed by atoms with Crippen molar-refractivity contribution in [1.82, 2.24) is 59.7 Å². The minimum Gasteiger partial charge on any atom is -0.464 e. The number of aryl methyl sites for hydroxylation is 1. The highest BCUT2D eigenvalue weighted by atomic mass is 16.6. The summed E-state index contributed by atoms with van der Waals surface area (Å²) in [6.07, 6.45) is 16.2. The van der Waals surface area contributed by atoms with Crippen molar-refractivity contribution in [1.29, 1.82) is 0 Å². The zero-order valence-corrected chi connectivity index (χ0v) is 88.0. The first-order valence-electron chi connectivity index (χ1n) is 48.1.